The number of halogens is 3. The lowest BCUT2D eigenvalue weighted by Gasteiger charge is -2.35. The number of ether oxygens (including phenoxy) is 1. The molecule has 0 aliphatic carbocycles. The van der Waals surface area contributed by atoms with Gasteiger partial charge >= 0.3 is 12.3 Å². The lowest BCUT2D eigenvalue weighted by molar-refractivity contribution is -0.138. The molecule has 1 saturated heterocycles. The molecule has 2 aromatic rings. The summed E-state index contributed by atoms with van der Waals surface area (Å²) in [7, 11) is 0. The van der Waals surface area contributed by atoms with Crippen molar-refractivity contribution in [2.75, 3.05) is 37.6 Å². The highest BCUT2D eigenvalue weighted by atomic mass is 19.4. The van der Waals surface area contributed by atoms with Gasteiger partial charge in [0.2, 0.25) is 5.88 Å². The normalized spacial score (nSPS) is 14.6. The number of aliphatic hydroxyl groups is 1. The van der Waals surface area contributed by atoms with E-state index in [1.807, 2.05) is 4.90 Å². The molecule has 0 unspecified atom stereocenters. The van der Waals surface area contributed by atoms with Crippen molar-refractivity contribution in [2.45, 2.75) is 32.0 Å². The van der Waals surface area contributed by atoms with Crippen LogP contribution < -0.4 is 15.0 Å². The SMILES string of the molecule is CC(C)(O)CCNC(=O)Oc1ccc(N2CCN(C(=O)c3ccccc3C(F)(F)F)CC2)nn1. The third-order valence-corrected chi connectivity index (χ3v) is 5.18. The molecule has 1 aliphatic rings. The summed E-state index contributed by atoms with van der Waals surface area (Å²) in [6, 6.07) is 7.81. The molecule has 2 heterocycles. The third kappa shape index (κ3) is 6.80. The summed E-state index contributed by atoms with van der Waals surface area (Å²) in [5, 5.41) is 20.0. The zero-order valence-electron chi connectivity index (χ0n) is 18.8. The molecule has 12 heteroatoms. The Bertz CT molecular complexity index is 1000. The number of rotatable bonds is 6. The van der Waals surface area contributed by atoms with E-state index in [9.17, 15) is 27.9 Å². The van der Waals surface area contributed by atoms with Gasteiger partial charge < -0.3 is 25.0 Å². The number of carbonyl (C=O) groups excluding carboxylic acids is 2. The van der Waals surface area contributed by atoms with Crippen molar-refractivity contribution in [3.05, 3.63) is 47.5 Å². The summed E-state index contributed by atoms with van der Waals surface area (Å²) >= 11 is 0. The number of anilines is 1. The molecule has 1 aliphatic heterocycles. The van der Waals surface area contributed by atoms with Crippen LogP contribution in [0, 0.1) is 0 Å². The van der Waals surface area contributed by atoms with Crippen LogP contribution in [0.1, 0.15) is 36.2 Å². The minimum Gasteiger partial charge on any atom is -0.390 e. The highest BCUT2D eigenvalue weighted by molar-refractivity contribution is 5.96. The molecular formula is C22H26F3N5O4. The average molecular weight is 481 g/mol. The lowest BCUT2D eigenvalue weighted by atomic mass is 10.1. The first-order chi connectivity index (χ1) is 15.9. The Kier molecular flexibility index (Phi) is 7.60. The maximum absolute atomic E-state index is 13.2. The smallest absolute Gasteiger partial charge is 0.390 e. The van der Waals surface area contributed by atoms with Gasteiger partial charge in [-0.2, -0.15) is 13.2 Å². The molecule has 1 aromatic carbocycles. The standard InChI is InChI=1S/C22H26F3N5O4/c1-21(2,33)9-10-26-20(32)34-18-8-7-17(27-28-18)29-11-13-30(14-12-29)19(31)15-5-3-4-6-16(15)22(23,24)25/h3-8,33H,9-14H2,1-2H3,(H,26,32). The van der Waals surface area contributed by atoms with E-state index in [4.69, 9.17) is 4.74 Å². The van der Waals surface area contributed by atoms with Gasteiger partial charge in [-0.15, -0.1) is 10.2 Å². The highest BCUT2D eigenvalue weighted by Crippen LogP contribution is 2.32. The maximum Gasteiger partial charge on any atom is 0.417 e. The van der Waals surface area contributed by atoms with E-state index in [2.05, 4.69) is 15.5 Å². The molecule has 0 saturated carbocycles. The quantitative estimate of drug-likeness (QED) is 0.653. The summed E-state index contributed by atoms with van der Waals surface area (Å²) in [5.74, 6) is -0.197. The Labute approximate surface area is 194 Å². The Morgan fingerprint density at radius 3 is 2.32 bits per heavy atom. The molecule has 3 rings (SSSR count). The molecule has 0 atom stereocenters. The number of nitrogens with zero attached hydrogens (tertiary/aromatic N) is 4. The number of piperazine rings is 1. The Morgan fingerprint density at radius 2 is 1.74 bits per heavy atom. The minimum atomic E-state index is -4.61. The van der Waals surface area contributed by atoms with E-state index in [1.165, 1.54) is 29.2 Å². The molecule has 184 valence electrons. The van der Waals surface area contributed by atoms with E-state index in [-0.39, 0.29) is 31.1 Å². The van der Waals surface area contributed by atoms with E-state index in [0.29, 0.717) is 25.3 Å². The van der Waals surface area contributed by atoms with Gasteiger partial charge in [-0.1, -0.05) is 12.1 Å². The molecule has 34 heavy (non-hydrogen) atoms. The number of hydrogen-bond acceptors (Lipinski definition) is 7. The minimum absolute atomic E-state index is 0.0120. The predicted octanol–water partition coefficient (Wildman–Crippen LogP) is 2.71. The molecule has 1 aromatic heterocycles. The molecule has 0 spiro atoms. The fourth-order valence-electron chi connectivity index (χ4n) is 3.36. The van der Waals surface area contributed by atoms with Crippen LogP contribution in [0.3, 0.4) is 0 Å². The van der Waals surface area contributed by atoms with Crippen molar-refractivity contribution in [2.24, 2.45) is 0 Å². The predicted molar refractivity (Wildman–Crippen MR) is 117 cm³/mol. The molecule has 0 bridgehead atoms. The van der Waals surface area contributed by atoms with Crippen LogP contribution in [0.25, 0.3) is 0 Å². The van der Waals surface area contributed by atoms with Gasteiger partial charge in [0.25, 0.3) is 5.91 Å². The fraction of sp³-hybridized carbons (Fsp3) is 0.455. The summed E-state index contributed by atoms with van der Waals surface area (Å²) in [6.45, 7) is 4.62. The largest absolute Gasteiger partial charge is 0.417 e. The van der Waals surface area contributed by atoms with E-state index >= 15 is 0 Å². The van der Waals surface area contributed by atoms with Gasteiger partial charge in [-0.25, -0.2) is 4.79 Å². The Hall–Kier alpha value is -3.41. The van der Waals surface area contributed by atoms with Gasteiger partial charge in [0.05, 0.1) is 16.7 Å². The van der Waals surface area contributed by atoms with Crippen LogP contribution in [0.4, 0.5) is 23.8 Å². The second kappa shape index (κ2) is 10.2. The number of benzene rings is 1. The van der Waals surface area contributed by atoms with Crippen molar-refractivity contribution in [1.82, 2.24) is 20.4 Å². The second-order valence-corrected chi connectivity index (χ2v) is 8.43. The lowest BCUT2D eigenvalue weighted by Crippen LogP contribution is -2.49. The van der Waals surface area contributed by atoms with Crippen LogP contribution in [0.15, 0.2) is 36.4 Å². The van der Waals surface area contributed by atoms with Gasteiger partial charge in [-0.05, 0) is 38.5 Å². The number of carbonyl (C=O) groups is 2. The van der Waals surface area contributed by atoms with Crippen LogP contribution in [0.5, 0.6) is 5.88 Å². The van der Waals surface area contributed by atoms with E-state index in [0.717, 1.165) is 6.07 Å². The molecule has 9 nitrogen and oxygen atoms in total. The number of alkyl halides is 3. The average Bonchev–Trinajstić information content (AvgIpc) is 2.78. The molecule has 2 N–H and O–H groups in total. The van der Waals surface area contributed by atoms with E-state index in [1.54, 1.807) is 19.9 Å². The summed E-state index contributed by atoms with van der Waals surface area (Å²) in [5.41, 5.74) is -2.23. The molecule has 0 radical (unpaired) electrons. The van der Waals surface area contributed by atoms with Gasteiger partial charge in [0.15, 0.2) is 5.82 Å². The number of nitrogens with one attached hydrogen (secondary N) is 1. The van der Waals surface area contributed by atoms with Crippen LogP contribution in [0.2, 0.25) is 0 Å². The van der Waals surface area contributed by atoms with Crippen LogP contribution >= 0.6 is 0 Å². The number of hydrogen-bond donors (Lipinski definition) is 2. The third-order valence-electron chi connectivity index (χ3n) is 5.18. The van der Waals surface area contributed by atoms with Crippen molar-refractivity contribution in [3.63, 3.8) is 0 Å². The topological polar surface area (TPSA) is 108 Å². The summed E-state index contributed by atoms with van der Waals surface area (Å²) < 4.78 is 44.8. The molecule has 2 amide bonds. The van der Waals surface area contributed by atoms with Crippen molar-refractivity contribution in [1.29, 1.82) is 0 Å². The summed E-state index contributed by atoms with van der Waals surface area (Å²) in [6.07, 6.45) is -4.99. The first kappa shape index (κ1) is 25.2. The maximum atomic E-state index is 13.2. The van der Waals surface area contributed by atoms with Crippen molar-refractivity contribution in [3.8, 4) is 5.88 Å². The first-order valence-electron chi connectivity index (χ1n) is 10.7. The Balaban J connectivity index is 1.53. The Morgan fingerprint density at radius 1 is 1.06 bits per heavy atom. The second-order valence-electron chi connectivity index (χ2n) is 8.43. The first-order valence-corrected chi connectivity index (χ1v) is 10.7. The molecule has 1 fully saturated rings. The summed E-state index contributed by atoms with van der Waals surface area (Å²) in [4.78, 5) is 27.7. The zero-order chi connectivity index (χ0) is 24.9. The van der Waals surface area contributed by atoms with Gasteiger partial charge in [0.1, 0.15) is 0 Å². The van der Waals surface area contributed by atoms with Crippen molar-refractivity contribution >= 4 is 17.8 Å². The fourth-order valence-corrected chi connectivity index (χ4v) is 3.36. The van der Waals surface area contributed by atoms with Crippen LogP contribution in [-0.4, -0.2) is 70.5 Å². The van der Waals surface area contributed by atoms with Gasteiger partial charge in [-0.3, -0.25) is 4.79 Å². The van der Waals surface area contributed by atoms with E-state index < -0.39 is 29.3 Å². The molecular weight excluding hydrogens is 455 g/mol. The van der Waals surface area contributed by atoms with Gasteiger partial charge in [0, 0.05) is 38.8 Å². The van der Waals surface area contributed by atoms with Crippen molar-refractivity contribution < 1.29 is 32.6 Å². The highest BCUT2D eigenvalue weighted by Gasteiger charge is 2.36. The number of amides is 2. The number of aromatic nitrogens is 2. The van der Waals surface area contributed by atoms with Crippen LogP contribution in [-0.2, 0) is 6.18 Å². The zero-order valence-corrected chi connectivity index (χ0v) is 18.8. The monoisotopic (exact) mass is 481 g/mol.